The van der Waals surface area contributed by atoms with E-state index >= 15 is 0 Å². The quantitative estimate of drug-likeness (QED) is 0.602. The molecule has 0 amide bonds. The first-order valence-corrected chi connectivity index (χ1v) is 4.20. The summed E-state index contributed by atoms with van der Waals surface area (Å²) >= 11 is 0. The van der Waals surface area contributed by atoms with Crippen LogP contribution in [0.25, 0.3) is 0 Å². The lowest BCUT2D eigenvalue weighted by molar-refractivity contribution is -0.00934. The van der Waals surface area contributed by atoms with Crippen LogP contribution < -0.4 is 5.73 Å². The van der Waals surface area contributed by atoms with Crippen LogP contribution >= 0.6 is 0 Å². The highest BCUT2D eigenvalue weighted by molar-refractivity contribution is 4.82. The van der Waals surface area contributed by atoms with E-state index < -0.39 is 0 Å². The van der Waals surface area contributed by atoms with E-state index in [0.29, 0.717) is 12.1 Å². The standard InChI is InChI=1S/C8H17NO/c1-2-3-4-10-8-5-7(9)6-8/h7-8H,2-6,9H2,1H3. The van der Waals surface area contributed by atoms with Crippen molar-refractivity contribution in [2.75, 3.05) is 6.61 Å². The summed E-state index contributed by atoms with van der Waals surface area (Å²) in [5, 5.41) is 0. The van der Waals surface area contributed by atoms with Gasteiger partial charge >= 0.3 is 0 Å². The predicted octanol–water partition coefficient (Wildman–Crippen LogP) is 1.29. The van der Waals surface area contributed by atoms with Crippen molar-refractivity contribution in [1.82, 2.24) is 0 Å². The van der Waals surface area contributed by atoms with Crippen LogP contribution in [0.2, 0.25) is 0 Å². The van der Waals surface area contributed by atoms with Gasteiger partial charge in [0.1, 0.15) is 0 Å². The van der Waals surface area contributed by atoms with Crippen molar-refractivity contribution < 1.29 is 4.74 Å². The SMILES string of the molecule is CCCCOC1CC(N)C1. The third kappa shape index (κ3) is 2.27. The van der Waals surface area contributed by atoms with Crippen molar-refractivity contribution in [3.05, 3.63) is 0 Å². The molecular weight excluding hydrogens is 126 g/mol. The topological polar surface area (TPSA) is 35.2 Å². The van der Waals surface area contributed by atoms with Crippen LogP contribution in [0.15, 0.2) is 0 Å². The van der Waals surface area contributed by atoms with Gasteiger partial charge in [0, 0.05) is 12.6 Å². The molecule has 2 N–H and O–H groups in total. The van der Waals surface area contributed by atoms with Crippen LogP contribution in [0, 0.1) is 0 Å². The molecule has 60 valence electrons. The smallest absolute Gasteiger partial charge is 0.0604 e. The minimum atomic E-state index is 0.423. The first kappa shape index (κ1) is 8.02. The average molecular weight is 143 g/mol. The summed E-state index contributed by atoms with van der Waals surface area (Å²) in [5.74, 6) is 0. The van der Waals surface area contributed by atoms with E-state index in [4.69, 9.17) is 10.5 Å². The van der Waals surface area contributed by atoms with Gasteiger partial charge in [0.15, 0.2) is 0 Å². The summed E-state index contributed by atoms with van der Waals surface area (Å²) < 4.78 is 5.51. The molecule has 1 saturated carbocycles. The Hall–Kier alpha value is -0.0800. The summed E-state index contributed by atoms with van der Waals surface area (Å²) in [6.45, 7) is 3.10. The van der Waals surface area contributed by atoms with Gasteiger partial charge < -0.3 is 10.5 Å². The number of hydrogen-bond acceptors (Lipinski definition) is 2. The Morgan fingerprint density at radius 3 is 2.70 bits per heavy atom. The minimum absolute atomic E-state index is 0.423. The second-order valence-electron chi connectivity index (χ2n) is 3.08. The molecule has 0 aromatic rings. The molecule has 0 aromatic carbocycles. The van der Waals surface area contributed by atoms with Crippen molar-refractivity contribution in [2.45, 2.75) is 44.8 Å². The van der Waals surface area contributed by atoms with Gasteiger partial charge in [-0.15, -0.1) is 0 Å². The average Bonchev–Trinajstić information content (AvgIpc) is 1.85. The minimum Gasteiger partial charge on any atom is -0.378 e. The Bertz CT molecular complexity index is 89.3. The lowest BCUT2D eigenvalue weighted by Gasteiger charge is -2.32. The van der Waals surface area contributed by atoms with Crippen molar-refractivity contribution >= 4 is 0 Å². The molecule has 0 heterocycles. The molecule has 1 fully saturated rings. The zero-order valence-corrected chi connectivity index (χ0v) is 6.68. The molecular formula is C8H17NO. The third-order valence-electron chi connectivity index (χ3n) is 1.98. The van der Waals surface area contributed by atoms with Gasteiger partial charge in [0.2, 0.25) is 0 Å². The molecule has 2 nitrogen and oxygen atoms in total. The van der Waals surface area contributed by atoms with Crippen molar-refractivity contribution in [3.63, 3.8) is 0 Å². The summed E-state index contributed by atoms with van der Waals surface area (Å²) in [6, 6.07) is 0.423. The molecule has 0 aliphatic heterocycles. The third-order valence-corrected chi connectivity index (χ3v) is 1.98. The van der Waals surface area contributed by atoms with Crippen LogP contribution in [0.4, 0.5) is 0 Å². The van der Waals surface area contributed by atoms with Crippen molar-refractivity contribution in [2.24, 2.45) is 5.73 Å². The molecule has 0 aromatic heterocycles. The molecule has 1 aliphatic carbocycles. The van der Waals surface area contributed by atoms with Crippen LogP contribution in [0.3, 0.4) is 0 Å². The van der Waals surface area contributed by atoms with Crippen LogP contribution in [-0.4, -0.2) is 18.8 Å². The molecule has 1 aliphatic rings. The summed E-state index contributed by atoms with van der Waals surface area (Å²) in [6.07, 6.45) is 5.04. The highest BCUT2D eigenvalue weighted by atomic mass is 16.5. The molecule has 0 bridgehead atoms. The number of hydrogen-bond donors (Lipinski definition) is 1. The highest BCUT2D eigenvalue weighted by Gasteiger charge is 2.25. The molecule has 2 heteroatoms. The Morgan fingerprint density at radius 2 is 2.20 bits per heavy atom. The van der Waals surface area contributed by atoms with E-state index in [-0.39, 0.29) is 0 Å². The highest BCUT2D eigenvalue weighted by Crippen LogP contribution is 2.21. The monoisotopic (exact) mass is 143 g/mol. The van der Waals surface area contributed by atoms with Crippen molar-refractivity contribution in [1.29, 1.82) is 0 Å². The largest absolute Gasteiger partial charge is 0.378 e. The number of ether oxygens (including phenoxy) is 1. The zero-order valence-electron chi connectivity index (χ0n) is 6.68. The Labute approximate surface area is 62.7 Å². The van der Waals surface area contributed by atoms with Gasteiger partial charge in [-0.2, -0.15) is 0 Å². The lowest BCUT2D eigenvalue weighted by atomic mass is 9.90. The second kappa shape index (κ2) is 3.94. The maximum Gasteiger partial charge on any atom is 0.0604 e. The molecule has 0 unspecified atom stereocenters. The molecule has 0 radical (unpaired) electrons. The molecule has 0 saturated heterocycles. The maximum absolute atomic E-state index is 5.59. The fourth-order valence-electron chi connectivity index (χ4n) is 1.14. The first-order chi connectivity index (χ1) is 4.83. The first-order valence-electron chi connectivity index (χ1n) is 4.20. The fourth-order valence-corrected chi connectivity index (χ4v) is 1.14. The molecule has 1 rings (SSSR count). The van der Waals surface area contributed by atoms with E-state index in [0.717, 1.165) is 19.4 Å². The van der Waals surface area contributed by atoms with Gasteiger partial charge in [-0.1, -0.05) is 13.3 Å². The zero-order chi connectivity index (χ0) is 7.40. The summed E-state index contributed by atoms with van der Waals surface area (Å²) in [7, 11) is 0. The molecule has 0 atom stereocenters. The van der Waals surface area contributed by atoms with Crippen LogP contribution in [0.1, 0.15) is 32.6 Å². The van der Waals surface area contributed by atoms with Crippen LogP contribution in [0.5, 0.6) is 0 Å². The number of unbranched alkanes of at least 4 members (excludes halogenated alkanes) is 1. The van der Waals surface area contributed by atoms with E-state index in [1.54, 1.807) is 0 Å². The van der Waals surface area contributed by atoms with Gasteiger partial charge in [0.05, 0.1) is 6.10 Å². The predicted molar refractivity (Wildman–Crippen MR) is 41.9 cm³/mol. The van der Waals surface area contributed by atoms with Gasteiger partial charge in [0.25, 0.3) is 0 Å². The maximum atomic E-state index is 5.59. The van der Waals surface area contributed by atoms with E-state index in [2.05, 4.69) is 6.92 Å². The number of rotatable bonds is 4. The molecule has 0 spiro atoms. The second-order valence-corrected chi connectivity index (χ2v) is 3.08. The van der Waals surface area contributed by atoms with Crippen LogP contribution in [-0.2, 0) is 4.74 Å². The Balaban J connectivity index is 1.86. The van der Waals surface area contributed by atoms with Crippen molar-refractivity contribution in [3.8, 4) is 0 Å². The van der Waals surface area contributed by atoms with Gasteiger partial charge in [-0.05, 0) is 19.3 Å². The summed E-state index contributed by atoms with van der Waals surface area (Å²) in [4.78, 5) is 0. The summed E-state index contributed by atoms with van der Waals surface area (Å²) in [5.41, 5.74) is 5.59. The van der Waals surface area contributed by atoms with E-state index in [1.807, 2.05) is 0 Å². The van der Waals surface area contributed by atoms with Gasteiger partial charge in [-0.3, -0.25) is 0 Å². The number of nitrogens with two attached hydrogens (primary N) is 1. The Morgan fingerprint density at radius 1 is 1.50 bits per heavy atom. The van der Waals surface area contributed by atoms with E-state index in [1.165, 1.54) is 12.8 Å². The van der Waals surface area contributed by atoms with Gasteiger partial charge in [-0.25, -0.2) is 0 Å². The Kier molecular flexibility index (Phi) is 3.16. The van der Waals surface area contributed by atoms with E-state index in [9.17, 15) is 0 Å². The normalized spacial score (nSPS) is 31.8. The molecule has 10 heavy (non-hydrogen) atoms. The fraction of sp³-hybridized carbons (Fsp3) is 1.00. The lowest BCUT2D eigenvalue weighted by Crippen LogP contribution is -2.41.